The van der Waals surface area contributed by atoms with Crippen molar-refractivity contribution in [2.75, 3.05) is 4.90 Å². The Labute approximate surface area is 175 Å². The molecule has 1 aromatic heterocycles. The summed E-state index contributed by atoms with van der Waals surface area (Å²) in [6, 6.07) is 8.38. The van der Waals surface area contributed by atoms with Crippen LogP contribution in [0.5, 0.6) is 0 Å². The van der Waals surface area contributed by atoms with E-state index in [4.69, 9.17) is 4.42 Å². The third-order valence-electron chi connectivity index (χ3n) is 5.09. The van der Waals surface area contributed by atoms with Crippen LogP contribution >= 0.6 is 0 Å². The van der Waals surface area contributed by atoms with Gasteiger partial charge >= 0.3 is 0 Å². The van der Waals surface area contributed by atoms with Crippen molar-refractivity contribution < 1.29 is 32.3 Å². The fourth-order valence-electron chi connectivity index (χ4n) is 3.55. The van der Waals surface area contributed by atoms with Gasteiger partial charge in [-0.3, -0.25) is 14.5 Å². The number of ketones is 1. The average Bonchev–Trinajstić information content (AvgIpc) is 3.27. The predicted octanol–water partition coefficient (Wildman–Crippen LogP) is 4.94. The molecular weight excluding hydrogens is 411 g/mol. The molecule has 1 saturated heterocycles. The average molecular weight is 427 g/mol. The molecule has 2 heterocycles. The van der Waals surface area contributed by atoms with Gasteiger partial charge in [-0.2, -0.15) is 0 Å². The van der Waals surface area contributed by atoms with Crippen molar-refractivity contribution in [3.05, 3.63) is 94.2 Å². The Morgan fingerprint density at radius 2 is 1.65 bits per heavy atom. The van der Waals surface area contributed by atoms with Gasteiger partial charge in [0, 0.05) is 17.3 Å². The summed E-state index contributed by atoms with van der Waals surface area (Å²) in [7, 11) is 0. The molecule has 0 aliphatic carbocycles. The van der Waals surface area contributed by atoms with E-state index in [9.17, 15) is 27.9 Å². The van der Waals surface area contributed by atoms with Gasteiger partial charge in [0.2, 0.25) is 0 Å². The third-order valence-corrected chi connectivity index (χ3v) is 5.09. The number of amides is 1. The van der Waals surface area contributed by atoms with Crippen molar-refractivity contribution in [3.63, 3.8) is 0 Å². The van der Waals surface area contributed by atoms with Crippen molar-refractivity contribution in [1.82, 2.24) is 0 Å². The van der Waals surface area contributed by atoms with E-state index in [0.717, 1.165) is 29.2 Å². The molecule has 4 rings (SSSR count). The van der Waals surface area contributed by atoms with Gasteiger partial charge in [-0.25, -0.2) is 13.2 Å². The topological polar surface area (TPSA) is 70.8 Å². The molecule has 1 fully saturated rings. The lowest BCUT2D eigenvalue weighted by atomic mass is 9.98. The number of aryl methyl sites for hydroxylation is 2. The zero-order valence-corrected chi connectivity index (χ0v) is 16.4. The fraction of sp³-hybridized carbons (Fsp3) is 0.130. The minimum atomic E-state index is -1.23. The maximum atomic E-state index is 13.9. The number of aliphatic hydroxyl groups is 1. The summed E-state index contributed by atoms with van der Waals surface area (Å²) in [5, 5.41) is 10.9. The van der Waals surface area contributed by atoms with Crippen molar-refractivity contribution in [3.8, 4) is 0 Å². The van der Waals surface area contributed by atoms with Crippen LogP contribution in [0.3, 0.4) is 0 Å². The van der Waals surface area contributed by atoms with Crippen molar-refractivity contribution in [2.24, 2.45) is 0 Å². The van der Waals surface area contributed by atoms with E-state index >= 15 is 0 Å². The van der Waals surface area contributed by atoms with Crippen LogP contribution in [-0.2, 0) is 9.59 Å². The van der Waals surface area contributed by atoms with Gasteiger partial charge in [0.1, 0.15) is 29.1 Å². The summed E-state index contributed by atoms with van der Waals surface area (Å²) in [5.41, 5.74) is -0.0516. The summed E-state index contributed by atoms with van der Waals surface area (Å²) in [6.45, 7) is 3.13. The number of benzene rings is 2. The van der Waals surface area contributed by atoms with E-state index in [2.05, 4.69) is 0 Å². The monoisotopic (exact) mass is 427 g/mol. The molecule has 2 aromatic carbocycles. The third kappa shape index (κ3) is 3.39. The quantitative estimate of drug-likeness (QED) is 0.365. The number of halogens is 3. The van der Waals surface area contributed by atoms with Crippen LogP contribution in [0.1, 0.15) is 28.7 Å². The number of anilines is 1. The maximum Gasteiger partial charge on any atom is 0.300 e. The Hall–Kier alpha value is -3.81. The zero-order chi connectivity index (χ0) is 22.4. The summed E-state index contributed by atoms with van der Waals surface area (Å²) >= 11 is 0. The molecule has 1 unspecified atom stereocenters. The lowest BCUT2D eigenvalue weighted by molar-refractivity contribution is -0.132. The molecule has 0 bridgehead atoms. The maximum absolute atomic E-state index is 13.9. The second-order valence-corrected chi connectivity index (χ2v) is 7.18. The van der Waals surface area contributed by atoms with Gasteiger partial charge in [-0.1, -0.05) is 0 Å². The normalized spacial score (nSPS) is 18.1. The van der Waals surface area contributed by atoms with Gasteiger partial charge in [-0.05, 0) is 61.9 Å². The van der Waals surface area contributed by atoms with Crippen LogP contribution in [-0.4, -0.2) is 16.8 Å². The number of Topliss-reactive ketones (excluding diaryl/α,β-unsaturated/α-hetero) is 1. The van der Waals surface area contributed by atoms with Gasteiger partial charge < -0.3 is 9.52 Å². The molecule has 8 heteroatoms. The SMILES string of the molecule is Cc1ccc(C2/C(=C(/O)c3ccc(F)c(C)c3)C(=O)C(=O)N2c2ccc(F)c(F)c2)o1. The van der Waals surface area contributed by atoms with Crippen LogP contribution in [0, 0.1) is 31.3 Å². The number of aliphatic hydroxyl groups excluding tert-OH is 1. The molecule has 0 radical (unpaired) electrons. The minimum absolute atomic E-state index is 0.0885. The first-order valence-corrected chi connectivity index (χ1v) is 9.28. The van der Waals surface area contributed by atoms with E-state index in [0.29, 0.717) is 5.76 Å². The Kier molecular flexibility index (Phi) is 4.93. The first-order valence-electron chi connectivity index (χ1n) is 9.28. The van der Waals surface area contributed by atoms with Crippen LogP contribution in [0.2, 0.25) is 0 Å². The highest BCUT2D eigenvalue weighted by Gasteiger charge is 2.48. The Morgan fingerprint density at radius 3 is 2.26 bits per heavy atom. The number of carbonyl (C=O) groups excluding carboxylic acids is 2. The molecule has 1 atom stereocenters. The first-order chi connectivity index (χ1) is 14.7. The summed E-state index contributed by atoms with van der Waals surface area (Å²) < 4.78 is 46.6. The highest BCUT2D eigenvalue weighted by Crippen LogP contribution is 2.43. The number of furan rings is 1. The molecule has 1 aliphatic rings. The second-order valence-electron chi connectivity index (χ2n) is 7.18. The molecule has 0 spiro atoms. The summed E-state index contributed by atoms with van der Waals surface area (Å²) in [6.07, 6.45) is 0. The Bertz CT molecular complexity index is 1260. The minimum Gasteiger partial charge on any atom is -0.507 e. The summed E-state index contributed by atoms with van der Waals surface area (Å²) in [4.78, 5) is 26.7. The van der Waals surface area contributed by atoms with Crippen molar-refractivity contribution in [1.29, 1.82) is 0 Å². The Morgan fingerprint density at radius 1 is 0.935 bits per heavy atom. The highest BCUT2D eigenvalue weighted by molar-refractivity contribution is 6.51. The van der Waals surface area contributed by atoms with E-state index in [1.807, 2.05) is 0 Å². The zero-order valence-electron chi connectivity index (χ0n) is 16.4. The van der Waals surface area contributed by atoms with E-state index in [-0.39, 0.29) is 28.1 Å². The fourth-order valence-corrected chi connectivity index (χ4v) is 3.55. The van der Waals surface area contributed by atoms with Crippen molar-refractivity contribution in [2.45, 2.75) is 19.9 Å². The van der Waals surface area contributed by atoms with Crippen LogP contribution in [0.15, 0.2) is 58.5 Å². The molecule has 3 aromatic rings. The molecule has 5 nitrogen and oxygen atoms in total. The van der Waals surface area contributed by atoms with Gasteiger partial charge in [0.25, 0.3) is 11.7 Å². The number of hydrogen-bond donors (Lipinski definition) is 1. The van der Waals surface area contributed by atoms with Crippen LogP contribution in [0.25, 0.3) is 5.76 Å². The molecule has 31 heavy (non-hydrogen) atoms. The number of rotatable bonds is 3. The first kappa shape index (κ1) is 20.5. The molecule has 1 amide bonds. The molecule has 158 valence electrons. The molecule has 0 saturated carbocycles. The molecule has 1 aliphatic heterocycles. The van der Waals surface area contributed by atoms with Gasteiger partial charge in [0.15, 0.2) is 11.6 Å². The van der Waals surface area contributed by atoms with E-state index in [1.54, 1.807) is 13.0 Å². The van der Waals surface area contributed by atoms with Gasteiger partial charge in [-0.15, -0.1) is 0 Å². The predicted molar refractivity (Wildman–Crippen MR) is 106 cm³/mol. The molecular formula is C23H16F3NO4. The lowest BCUT2D eigenvalue weighted by Crippen LogP contribution is -2.29. The molecule has 1 N–H and O–H groups in total. The number of carbonyl (C=O) groups is 2. The van der Waals surface area contributed by atoms with Crippen molar-refractivity contribution >= 4 is 23.1 Å². The summed E-state index contributed by atoms with van der Waals surface area (Å²) in [5.74, 6) is -4.84. The highest BCUT2D eigenvalue weighted by atomic mass is 19.2. The lowest BCUT2D eigenvalue weighted by Gasteiger charge is -2.23. The van der Waals surface area contributed by atoms with Crippen LogP contribution < -0.4 is 4.90 Å². The van der Waals surface area contributed by atoms with Gasteiger partial charge in [0.05, 0.1) is 5.57 Å². The smallest absolute Gasteiger partial charge is 0.300 e. The second kappa shape index (κ2) is 7.46. The Balaban J connectivity index is 1.95. The van der Waals surface area contributed by atoms with E-state index < -0.39 is 40.9 Å². The number of nitrogens with zero attached hydrogens (tertiary/aromatic N) is 1. The largest absolute Gasteiger partial charge is 0.507 e. The van der Waals surface area contributed by atoms with Crippen LogP contribution in [0.4, 0.5) is 18.9 Å². The van der Waals surface area contributed by atoms with E-state index in [1.165, 1.54) is 25.1 Å². The standard InChI is InChI=1S/C23H16F3NO4/c1-11-9-13(4-6-15(11)24)21(28)19-20(18-8-3-12(2)31-18)27(23(30)22(19)29)14-5-7-16(25)17(26)10-14/h3-10,20,28H,1-2H3/b21-19-. The number of hydrogen-bond acceptors (Lipinski definition) is 4.